The molecule has 30 heavy (non-hydrogen) atoms. The van der Waals surface area contributed by atoms with Crippen LogP contribution in [0.5, 0.6) is 0 Å². The standard InChI is InChI=1S/C23H32N2O4.ClH/c1-24(23(26)13-16-7-6-8-20-17(16)9-12-29-20)18-14-21(27-2)22(28-3)15-19(18)25-10-4-5-11-25;/h6-9,12,18-19,21-22H,4-5,10-11,13-15H2,1-3H3;1H/t18-,19-,21-,22+;/m0./s1. The Morgan fingerprint density at radius 1 is 1.13 bits per heavy atom. The lowest BCUT2D eigenvalue weighted by molar-refractivity contribution is -0.140. The van der Waals surface area contributed by atoms with Crippen LogP contribution in [0.4, 0.5) is 0 Å². The molecule has 1 aliphatic heterocycles. The molecule has 0 radical (unpaired) electrons. The van der Waals surface area contributed by atoms with E-state index in [2.05, 4.69) is 4.90 Å². The van der Waals surface area contributed by atoms with Crippen molar-refractivity contribution in [3.05, 3.63) is 36.1 Å². The largest absolute Gasteiger partial charge is 0.464 e. The highest BCUT2D eigenvalue weighted by Crippen LogP contribution is 2.32. The number of benzene rings is 1. The van der Waals surface area contributed by atoms with E-state index in [4.69, 9.17) is 13.9 Å². The lowest BCUT2D eigenvalue weighted by Crippen LogP contribution is -2.59. The van der Waals surface area contributed by atoms with Crippen molar-refractivity contribution in [2.45, 2.75) is 56.4 Å². The third kappa shape index (κ3) is 4.52. The topological polar surface area (TPSA) is 55.2 Å². The van der Waals surface area contributed by atoms with Gasteiger partial charge >= 0.3 is 0 Å². The Labute approximate surface area is 184 Å². The van der Waals surface area contributed by atoms with Gasteiger partial charge in [0.1, 0.15) is 5.58 Å². The van der Waals surface area contributed by atoms with Crippen LogP contribution in [0.25, 0.3) is 11.0 Å². The van der Waals surface area contributed by atoms with Gasteiger partial charge in [0.05, 0.1) is 24.9 Å². The number of likely N-dealkylation sites (tertiary alicyclic amines) is 1. The minimum absolute atomic E-state index is 0. The van der Waals surface area contributed by atoms with Gasteiger partial charge in [-0.25, -0.2) is 0 Å². The van der Waals surface area contributed by atoms with E-state index in [-0.39, 0.29) is 36.6 Å². The monoisotopic (exact) mass is 436 g/mol. The Bertz CT molecular complexity index is 835. The van der Waals surface area contributed by atoms with Crippen LogP contribution in [-0.4, -0.2) is 74.4 Å². The SMILES string of the molecule is CO[C@H]1C[C@H](N(C)C(=O)Cc2cccc3occc23)[C@@H](N2CCCC2)C[C@H]1OC.Cl. The molecule has 1 aromatic carbocycles. The number of methoxy groups -OCH3 is 2. The van der Waals surface area contributed by atoms with Gasteiger partial charge in [-0.3, -0.25) is 9.69 Å². The normalized spacial score (nSPS) is 27.2. The predicted molar refractivity (Wildman–Crippen MR) is 119 cm³/mol. The first-order chi connectivity index (χ1) is 14.1. The van der Waals surface area contributed by atoms with Crippen molar-refractivity contribution in [1.29, 1.82) is 0 Å². The molecule has 1 saturated heterocycles. The average Bonchev–Trinajstić information content (AvgIpc) is 3.44. The summed E-state index contributed by atoms with van der Waals surface area (Å²) in [5.41, 5.74) is 1.84. The molecular formula is C23H33ClN2O4. The van der Waals surface area contributed by atoms with Crippen molar-refractivity contribution in [1.82, 2.24) is 9.80 Å². The van der Waals surface area contributed by atoms with Crippen molar-refractivity contribution in [2.75, 3.05) is 34.4 Å². The highest BCUT2D eigenvalue weighted by molar-refractivity contribution is 5.87. The fourth-order valence-electron chi connectivity index (χ4n) is 5.16. The van der Waals surface area contributed by atoms with Gasteiger partial charge in [0.15, 0.2) is 0 Å². The van der Waals surface area contributed by atoms with Crippen molar-refractivity contribution in [3.8, 4) is 0 Å². The summed E-state index contributed by atoms with van der Waals surface area (Å²) in [7, 11) is 5.45. The second kappa shape index (κ2) is 10.1. The van der Waals surface area contributed by atoms with Gasteiger partial charge < -0.3 is 18.8 Å². The highest BCUT2D eigenvalue weighted by atomic mass is 35.5. The van der Waals surface area contributed by atoms with Gasteiger partial charge in [0.2, 0.25) is 5.91 Å². The highest BCUT2D eigenvalue weighted by Gasteiger charge is 2.43. The summed E-state index contributed by atoms with van der Waals surface area (Å²) in [5.74, 6) is 0.138. The number of likely N-dealkylation sites (N-methyl/N-ethyl adjacent to an activating group) is 1. The van der Waals surface area contributed by atoms with Crippen molar-refractivity contribution in [2.24, 2.45) is 0 Å². The Morgan fingerprint density at radius 2 is 1.83 bits per heavy atom. The first kappa shape index (κ1) is 23.1. The molecule has 1 amide bonds. The number of hydrogen-bond acceptors (Lipinski definition) is 5. The fourth-order valence-corrected chi connectivity index (χ4v) is 5.16. The number of halogens is 1. The van der Waals surface area contributed by atoms with Crippen LogP contribution in [0.1, 0.15) is 31.2 Å². The number of amides is 1. The van der Waals surface area contributed by atoms with Crippen LogP contribution in [0, 0.1) is 0 Å². The fraction of sp³-hybridized carbons (Fsp3) is 0.609. The van der Waals surface area contributed by atoms with Crippen LogP contribution in [0.15, 0.2) is 34.9 Å². The molecule has 1 saturated carbocycles. The zero-order chi connectivity index (χ0) is 20.4. The summed E-state index contributed by atoms with van der Waals surface area (Å²) in [6.07, 6.45) is 6.30. The van der Waals surface area contributed by atoms with Crippen molar-refractivity contribution < 1.29 is 18.7 Å². The molecule has 0 unspecified atom stereocenters. The average molecular weight is 437 g/mol. The Morgan fingerprint density at radius 3 is 2.53 bits per heavy atom. The number of nitrogens with zero attached hydrogens (tertiary/aromatic N) is 2. The molecule has 166 valence electrons. The first-order valence-corrected chi connectivity index (χ1v) is 10.6. The molecule has 1 aliphatic carbocycles. The lowest BCUT2D eigenvalue weighted by atomic mass is 9.84. The van der Waals surface area contributed by atoms with Gasteiger partial charge in [0, 0.05) is 38.7 Å². The summed E-state index contributed by atoms with van der Waals surface area (Å²) in [6.45, 7) is 2.21. The number of fused-ring (bicyclic) bond motifs is 1. The lowest BCUT2D eigenvalue weighted by Gasteiger charge is -2.47. The van der Waals surface area contributed by atoms with Gasteiger partial charge in [-0.1, -0.05) is 12.1 Å². The van der Waals surface area contributed by atoms with Crippen molar-refractivity contribution in [3.63, 3.8) is 0 Å². The maximum absolute atomic E-state index is 13.3. The molecule has 7 heteroatoms. The first-order valence-electron chi connectivity index (χ1n) is 10.6. The summed E-state index contributed by atoms with van der Waals surface area (Å²) in [4.78, 5) is 17.8. The number of carbonyl (C=O) groups is 1. The van der Waals surface area contributed by atoms with Crippen LogP contribution < -0.4 is 0 Å². The van der Waals surface area contributed by atoms with Crippen LogP contribution in [-0.2, 0) is 20.7 Å². The van der Waals surface area contributed by atoms with E-state index in [1.165, 1.54) is 12.8 Å². The van der Waals surface area contributed by atoms with Gasteiger partial charge in [-0.15, -0.1) is 12.4 Å². The number of rotatable bonds is 6. The van der Waals surface area contributed by atoms with Crippen LogP contribution >= 0.6 is 12.4 Å². The molecule has 0 spiro atoms. The second-order valence-corrected chi connectivity index (χ2v) is 8.33. The summed E-state index contributed by atoms with van der Waals surface area (Å²) in [5, 5.41) is 1.02. The minimum Gasteiger partial charge on any atom is -0.464 e. The molecule has 4 rings (SSSR count). The van der Waals surface area contributed by atoms with E-state index in [9.17, 15) is 4.79 Å². The van der Waals surface area contributed by atoms with Crippen LogP contribution in [0.3, 0.4) is 0 Å². The molecule has 2 aromatic rings. The zero-order valence-electron chi connectivity index (χ0n) is 18.1. The van der Waals surface area contributed by atoms with E-state index >= 15 is 0 Å². The molecule has 2 heterocycles. The molecule has 1 aromatic heterocycles. The van der Waals surface area contributed by atoms with E-state index < -0.39 is 0 Å². The van der Waals surface area contributed by atoms with Gasteiger partial charge in [-0.2, -0.15) is 0 Å². The molecule has 2 fully saturated rings. The third-order valence-corrected chi connectivity index (χ3v) is 6.84. The quantitative estimate of drug-likeness (QED) is 0.693. The predicted octanol–water partition coefficient (Wildman–Crippen LogP) is 3.51. The van der Waals surface area contributed by atoms with E-state index in [1.54, 1.807) is 20.5 Å². The maximum Gasteiger partial charge on any atom is 0.227 e. The Kier molecular flexibility index (Phi) is 7.80. The maximum atomic E-state index is 13.3. The van der Waals surface area contributed by atoms with Crippen LogP contribution in [0.2, 0.25) is 0 Å². The molecule has 0 bridgehead atoms. The van der Waals surface area contributed by atoms with Gasteiger partial charge in [0.25, 0.3) is 0 Å². The van der Waals surface area contributed by atoms with Gasteiger partial charge in [-0.05, 0) is 56.5 Å². The zero-order valence-corrected chi connectivity index (χ0v) is 18.9. The summed E-state index contributed by atoms with van der Waals surface area (Å²) < 4.78 is 17.0. The third-order valence-electron chi connectivity index (χ3n) is 6.84. The minimum atomic E-state index is 0. The molecular weight excluding hydrogens is 404 g/mol. The molecule has 4 atom stereocenters. The Balaban J connectivity index is 0.00000256. The number of hydrogen-bond donors (Lipinski definition) is 0. The van der Waals surface area contributed by atoms with E-state index in [0.29, 0.717) is 12.5 Å². The summed E-state index contributed by atoms with van der Waals surface area (Å²) >= 11 is 0. The molecule has 6 nitrogen and oxygen atoms in total. The smallest absolute Gasteiger partial charge is 0.227 e. The van der Waals surface area contributed by atoms with E-state index in [1.807, 2.05) is 36.2 Å². The second-order valence-electron chi connectivity index (χ2n) is 8.33. The number of ether oxygens (including phenoxy) is 2. The van der Waals surface area contributed by atoms with E-state index in [0.717, 1.165) is 42.5 Å². The van der Waals surface area contributed by atoms with Crippen molar-refractivity contribution >= 4 is 29.3 Å². The molecule has 0 N–H and O–H groups in total. The number of carbonyl (C=O) groups excluding carboxylic acids is 1. The Hall–Kier alpha value is -1.60. The molecule has 2 aliphatic rings. The summed E-state index contributed by atoms with van der Waals surface area (Å²) in [6, 6.07) is 8.28. The number of furan rings is 1.